The Morgan fingerprint density at radius 1 is 1.47 bits per heavy atom. The number of carbonyl (C=O) groups excluding carboxylic acids is 1. The van der Waals surface area contributed by atoms with Gasteiger partial charge in [-0.2, -0.15) is 0 Å². The molecule has 0 fully saturated rings. The van der Waals surface area contributed by atoms with Gasteiger partial charge in [0, 0.05) is 12.4 Å². The van der Waals surface area contributed by atoms with Crippen molar-refractivity contribution in [1.29, 1.82) is 0 Å². The molecule has 100 valence electrons. The number of rotatable bonds is 5. The van der Waals surface area contributed by atoms with Gasteiger partial charge in [0.25, 0.3) is 0 Å². The first-order valence-corrected chi connectivity index (χ1v) is 6.53. The van der Waals surface area contributed by atoms with E-state index in [9.17, 15) is 4.79 Å². The summed E-state index contributed by atoms with van der Waals surface area (Å²) >= 11 is 0. The largest absolute Gasteiger partial charge is 0.347 e. The fourth-order valence-electron chi connectivity index (χ4n) is 2.08. The molecular weight excluding hydrogens is 238 g/mol. The summed E-state index contributed by atoms with van der Waals surface area (Å²) in [7, 11) is 0. The van der Waals surface area contributed by atoms with Crippen LogP contribution in [0.25, 0.3) is 0 Å². The summed E-state index contributed by atoms with van der Waals surface area (Å²) in [5, 5.41) is 3.00. The lowest BCUT2D eigenvalue weighted by Crippen LogP contribution is -2.30. The van der Waals surface area contributed by atoms with E-state index in [0.717, 1.165) is 17.8 Å². The predicted molar refractivity (Wildman–Crippen MR) is 74.6 cm³/mol. The Kier molecular flexibility index (Phi) is 4.34. The molecule has 1 atom stereocenters. The van der Waals surface area contributed by atoms with Crippen molar-refractivity contribution in [3.8, 4) is 0 Å². The van der Waals surface area contributed by atoms with Crippen molar-refractivity contribution in [3.05, 3.63) is 53.6 Å². The minimum absolute atomic E-state index is 0.0221. The molecule has 2 rings (SSSR count). The van der Waals surface area contributed by atoms with Crippen LogP contribution in [0, 0.1) is 6.92 Å². The van der Waals surface area contributed by atoms with Gasteiger partial charge < -0.3 is 10.3 Å². The number of benzene rings is 1. The SMILES string of the molecule is CCC(NC(=O)Cc1cccc(C)c1)c1ncc[nH]1. The minimum atomic E-state index is -0.0488. The molecule has 4 nitrogen and oxygen atoms in total. The molecule has 0 aliphatic carbocycles. The van der Waals surface area contributed by atoms with Crippen LogP contribution in [0.2, 0.25) is 0 Å². The third-order valence-electron chi connectivity index (χ3n) is 3.04. The zero-order chi connectivity index (χ0) is 13.7. The predicted octanol–water partition coefficient (Wildman–Crippen LogP) is 2.53. The van der Waals surface area contributed by atoms with Crippen LogP contribution in [0.5, 0.6) is 0 Å². The Balaban J connectivity index is 1.97. The van der Waals surface area contributed by atoms with Gasteiger partial charge in [0.15, 0.2) is 0 Å². The van der Waals surface area contributed by atoms with E-state index in [4.69, 9.17) is 0 Å². The van der Waals surface area contributed by atoms with E-state index in [1.165, 1.54) is 5.56 Å². The van der Waals surface area contributed by atoms with Gasteiger partial charge in [0.2, 0.25) is 5.91 Å². The van der Waals surface area contributed by atoms with Crippen LogP contribution in [0.3, 0.4) is 0 Å². The summed E-state index contributed by atoms with van der Waals surface area (Å²) in [5.41, 5.74) is 2.20. The van der Waals surface area contributed by atoms with Crippen LogP contribution in [0.4, 0.5) is 0 Å². The molecule has 0 aliphatic rings. The van der Waals surface area contributed by atoms with Crippen LogP contribution in [-0.4, -0.2) is 15.9 Å². The lowest BCUT2D eigenvalue weighted by molar-refractivity contribution is -0.121. The molecule has 4 heteroatoms. The Morgan fingerprint density at radius 3 is 2.95 bits per heavy atom. The quantitative estimate of drug-likeness (QED) is 0.864. The Labute approximate surface area is 113 Å². The number of imidazole rings is 1. The molecule has 2 aromatic rings. The van der Waals surface area contributed by atoms with Crippen molar-refractivity contribution >= 4 is 5.91 Å². The average molecular weight is 257 g/mol. The molecule has 0 saturated carbocycles. The molecule has 1 amide bonds. The number of aromatic amines is 1. The highest BCUT2D eigenvalue weighted by atomic mass is 16.1. The molecule has 1 unspecified atom stereocenters. The number of H-pyrrole nitrogens is 1. The van der Waals surface area contributed by atoms with Gasteiger partial charge in [-0.05, 0) is 18.9 Å². The van der Waals surface area contributed by atoms with E-state index in [1.54, 1.807) is 12.4 Å². The normalized spacial score (nSPS) is 12.1. The van der Waals surface area contributed by atoms with E-state index >= 15 is 0 Å². The third kappa shape index (κ3) is 3.68. The zero-order valence-corrected chi connectivity index (χ0v) is 11.3. The zero-order valence-electron chi connectivity index (χ0n) is 11.3. The second-order valence-corrected chi connectivity index (χ2v) is 4.67. The van der Waals surface area contributed by atoms with Gasteiger partial charge in [0.1, 0.15) is 5.82 Å². The number of carbonyl (C=O) groups is 1. The molecule has 19 heavy (non-hydrogen) atoms. The maximum atomic E-state index is 12.0. The monoisotopic (exact) mass is 257 g/mol. The summed E-state index contributed by atoms with van der Waals surface area (Å²) in [6, 6.07) is 7.96. The van der Waals surface area contributed by atoms with Crippen molar-refractivity contribution in [2.45, 2.75) is 32.7 Å². The third-order valence-corrected chi connectivity index (χ3v) is 3.04. The molecule has 2 N–H and O–H groups in total. The first-order valence-electron chi connectivity index (χ1n) is 6.53. The lowest BCUT2D eigenvalue weighted by atomic mass is 10.1. The Morgan fingerprint density at radius 2 is 2.32 bits per heavy atom. The fourth-order valence-corrected chi connectivity index (χ4v) is 2.08. The topological polar surface area (TPSA) is 57.8 Å². The molecule has 0 saturated heterocycles. The highest BCUT2D eigenvalue weighted by Crippen LogP contribution is 2.12. The van der Waals surface area contributed by atoms with Gasteiger partial charge in [-0.1, -0.05) is 36.8 Å². The molecule has 0 aliphatic heterocycles. The number of amides is 1. The maximum Gasteiger partial charge on any atom is 0.225 e. The first-order chi connectivity index (χ1) is 9.19. The summed E-state index contributed by atoms with van der Waals surface area (Å²) < 4.78 is 0. The van der Waals surface area contributed by atoms with Gasteiger partial charge in [-0.25, -0.2) is 4.98 Å². The second kappa shape index (κ2) is 6.18. The number of hydrogen-bond acceptors (Lipinski definition) is 2. The minimum Gasteiger partial charge on any atom is -0.347 e. The molecular formula is C15H19N3O. The van der Waals surface area contributed by atoms with Crippen LogP contribution < -0.4 is 5.32 Å². The molecule has 1 aromatic carbocycles. The highest BCUT2D eigenvalue weighted by molar-refractivity contribution is 5.78. The summed E-state index contributed by atoms with van der Waals surface area (Å²) in [5.74, 6) is 0.828. The number of nitrogens with zero attached hydrogens (tertiary/aromatic N) is 1. The van der Waals surface area contributed by atoms with Gasteiger partial charge in [0.05, 0.1) is 12.5 Å². The molecule has 1 heterocycles. The van der Waals surface area contributed by atoms with Crippen molar-refractivity contribution in [2.75, 3.05) is 0 Å². The summed E-state index contributed by atoms with van der Waals surface area (Å²) in [6.45, 7) is 4.05. The molecule has 0 spiro atoms. The van der Waals surface area contributed by atoms with Crippen LogP contribution in [-0.2, 0) is 11.2 Å². The van der Waals surface area contributed by atoms with Crippen molar-refractivity contribution in [3.63, 3.8) is 0 Å². The second-order valence-electron chi connectivity index (χ2n) is 4.67. The van der Waals surface area contributed by atoms with Crippen molar-refractivity contribution < 1.29 is 4.79 Å². The number of aryl methyl sites for hydroxylation is 1. The average Bonchev–Trinajstić information content (AvgIpc) is 2.89. The van der Waals surface area contributed by atoms with Crippen LogP contribution in [0.1, 0.15) is 36.3 Å². The Bertz CT molecular complexity index is 534. The first kappa shape index (κ1) is 13.3. The highest BCUT2D eigenvalue weighted by Gasteiger charge is 2.14. The standard InChI is InChI=1S/C15H19N3O/c1-3-13(15-16-7-8-17-15)18-14(19)10-12-6-4-5-11(2)9-12/h4-9,13H,3,10H2,1-2H3,(H,16,17)(H,18,19). The van der Waals surface area contributed by atoms with Crippen LogP contribution in [0.15, 0.2) is 36.7 Å². The van der Waals surface area contributed by atoms with E-state index in [1.807, 2.05) is 38.1 Å². The molecule has 0 radical (unpaired) electrons. The Hall–Kier alpha value is -2.10. The maximum absolute atomic E-state index is 12.0. The lowest BCUT2D eigenvalue weighted by Gasteiger charge is -2.14. The van der Waals surface area contributed by atoms with E-state index in [0.29, 0.717) is 6.42 Å². The van der Waals surface area contributed by atoms with Gasteiger partial charge in [-0.3, -0.25) is 4.79 Å². The van der Waals surface area contributed by atoms with Crippen molar-refractivity contribution in [1.82, 2.24) is 15.3 Å². The number of nitrogens with one attached hydrogen (secondary N) is 2. The summed E-state index contributed by atoms with van der Waals surface area (Å²) in [6.07, 6.45) is 4.68. The van der Waals surface area contributed by atoms with E-state index in [2.05, 4.69) is 15.3 Å². The summed E-state index contributed by atoms with van der Waals surface area (Å²) in [4.78, 5) is 19.3. The van der Waals surface area contributed by atoms with Gasteiger partial charge >= 0.3 is 0 Å². The smallest absolute Gasteiger partial charge is 0.225 e. The van der Waals surface area contributed by atoms with Gasteiger partial charge in [-0.15, -0.1) is 0 Å². The molecule has 0 bridgehead atoms. The number of aromatic nitrogens is 2. The fraction of sp³-hybridized carbons (Fsp3) is 0.333. The van der Waals surface area contributed by atoms with E-state index < -0.39 is 0 Å². The molecule has 1 aromatic heterocycles. The number of hydrogen-bond donors (Lipinski definition) is 2. The van der Waals surface area contributed by atoms with Crippen LogP contribution >= 0.6 is 0 Å². The van der Waals surface area contributed by atoms with Crippen molar-refractivity contribution in [2.24, 2.45) is 0 Å². The van der Waals surface area contributed by atoms with E-state index in [-0.39, 0.29) is 11.9 Å².